The molecule has 0 radical (unpaired) electrons. The first kappa shape index (κ1) is 13.5. The molecular formula is C14H21N3O3. The second-order valence-corrected chi connectivity index (χ2v) is 6.56. The topological polar surface area (TPSA) is 69.7 Å². The number of nitrogens with zero attached hydrogens (tertiary/aromatic N) is 2. The van der Waals surface area contributed by atoms with Gasteiger partial charge >= 0.3 is 6.03 Å². The SMILES string of the molecule is CN(C)C1(CN2C(=O)NC(=O)C3(CCC3)C2=O)CCC1. The molecule has 1 saturated heterocycles. The first-order chi connectivity index (χ1) is 9.41. The smallest absolute Gasteiger partial charge is 0.302 e. The van der Waals surface area contributed by atoms with Gasteiger partial charge in [-0.3, -0.25) is 19.8 Å². The van der Waals surface area contributed by atoms with Crippen LogP contribution >= 0.6 is 0 Å². The summed E-state index contributed by atoms with van der Waals surface area (Å²) in [4.78, 5) is 40.0. The number of likely N-dealkylation sites (N-methyl/N-ethyl adjacent to an activating group) is 1. The minimum atomic E-state index is -0.953. The number of urea groups is 1. The standard InChI is InChI=1S/C14H21N3O3/c1-16(2)13(5-3-6-13)9-17-11(19)14(7-4-8-14)10(18)15-12(17)20/h3-9H2,1-2H3,(H,15,18,20). The number of barbiturate groups is 1. The Morgan fingerprint density at radius 2 is 1.70 bits per heavy atom. The molecule has 4 amide bonds. The Kier molecular flexibility index (Phi) is 2.90. The predicted molar refractivity (Wildman–Crippen MR) is 71.8 cm³/mol. The van der Waals surface area contributed by atoms with Crippen molar-refractivity contribution in [1.29, 1.82) is 0 Å². The molecule has 6 heteroatoms. The van der Waals surface area contributed by atoms with Crippen LogP contribution in [-0.4, -0.2) is 53.8 Å². The Labute approximate surface area is 118 Å². The number of imide groups is 2. The van der Waals surface area contributed by atoms with Gasteiger partial charge < -0.3 is 4.90 Å². The van der Waals surface area contributed by atoms with E-state index in [-0.39, 0.29) is 11.4 Å². The van der Waals surface area contributed by atoms with Crippen LogP contribution in [0.4, 0.5) is 4.79 Å². The summed E-state index contributed by atoms with van der Waals surface area (Å²) in [7, 11) is 3.96. The molecule has 1 N–H and O–H groups in total. The van der Waals surface area contributed by atoms with Crippen LogP contribution in [0.5, 0.6) is 0 Å². The molecule has 2 aliphatic carbocycles. The molecule has 1 aliphatic heterocycles. The van der Waals surface area contributed by atoms with E-state index >= 15 is 0 Å². The van der Waals surface area contributed by atoms with Gasteiger partial charge in [0.15, 0.2) is 0 Å². The van der Waals surface area contributed by atoms with E-state index in [2.05, 4.69) is 10.2 Å². The average Bonchev–Trinajstić information content (AvgIpc) is 2.23. The fourth-order valence-electron chi connectivity index (χ4n) is 3.47. The van der Waals surface area contributed by atoms with Crippen molar-refractivity contribution in [3.63, 3.8) is 0 Å². The molecule has 0 bridgehead atoms. The number of carbonyl (C=O) groups is 3. The lowest BCUT2D eigenvalue weighted by atomic mass is 9.65. The van der Waals surface area contributed by atoms with Gasteiger partial charge in [-0.25, -0.2) is 4.79 Å². The third-order valence-electron chi connectivity index (χ3n) is 5.45. The lowest BCUT2D eigenvalue weighted by molar-refractivity contribution is -0.159. The van der Waals surface area contributed by atoms with Crippen molar-refractivity contribution >= 4 is 17.8 Å². The molecule has 0 atom stereocenters. The zero-order chi connectivity index (χ0) is 14.5. The number of nitrogens with one attached hydrogen (secondary N) is 1. The highest BCUT2D eigenvalue weighted by Crippen LogP contribution is 2.45. The molecule has 2 saturated carbocycles. The molecular weight excluding hydrogens is 258 g/mol. The third-order valence-corrected chi connectivity index (χ3v) is 5.45. The molecule has 3 rings (SSSR count). The van der Waals surface area contributed by atoms with E-state index in [4.69, 9.17) is 0 Å². The molecule has 0 unspecified atom stereocenters. The van der Waals surface area contributed by atoms with Crippen LogP contribution in [0.1, 0.15) is 38.5 Å². The van der Waals surface area contributed by atoms with Crippen LogP contribution in [0, 0.1) is 5.41 Å². The van der Waals surface area contributed by atoms with Crippen LogP contribution in [0.25, 0.3) is 0 Å². The summed E-state index contributed by atoms with van der Waals surface area (Å²) in [5.74, 6) is -0.687. The molecule has 1 spiro atoms. The third kappa shape index (κ3) is 1.63. The predicted octanol–water partition coefficient (Wildman–Crippen LogP) is 0.719. The van der Waals surface area contributed by atoms with E-state index in [0.29, 0.717) is 19.4 Å². The van der Waals surface area contributed by atoms with E-state index in [1.54, 1.807) is 0 Å². The van der Waals surface area contributed by atoms with Crippen molar-refractivity contribution in [3.8, 4) is 0 Å². The van der Waals surface area contributed by atoms with Gasteiger partial charge in [0.2, 0.25) is 11.8 Å². The number of hydrogen-bond donors (Lipinski definition) is 1. The van der Waals surface area contributed by atoms with E-state index < -0.39 is 17.4 Å². The molecule has 110 valence electrons. The Bertz CT molecular complexity index is 478. The molecule has 3 aliphatic rings. The average molecular weight is 279 g/mol. The van der Waals surface area contributed by atoms with E-state index in [1.165, 1.54) is 4.90 Å². The van der Waals surface area contributed by atoms with Crippen LogP contribution in [0.2, 0.25) is 0 Å². The molecule has 20 heavy (non-hydrogen) atoms. The number of amides is 4. The molecule has 0 aromatic rings. The maximum Gasteiger partial charge on any atom is 0.330 e. The van der Waals surface area contributed by atoms with Crippen LogP contribution in [0.15, 0.2) is 0 Å². The molecule has 0 aromatic heterocycles. The highest BCUT2D eigenvalue weighted by Gasteiger charge is 2.58. The number of rotatable bonds is 3. The summed E-state index contributed by atoms with van der Waals surface area (Å²) in [5, 5.41) is 2.37. The van der Waals surface area contributed by atoms with E-state index in [0.717, 1.165) is 25.7 Å². The first-order valence-electron chi connectivity index (χ1n) is 7.26. The van der Waals surface area contributed by atoms with Gasteiger partial charge in [-0.15, -0.1) is 0 Å². The normalized spacial score (nSPS) is 27.4. The van der Waals surface area contributed by atoms with Crippen LogP contribution in [0.3, 0.4) is 0 Å². The van der Waals surface area contributed by atoms with Gasteiger partial charge in [0.05, 0.1) is 0 Å². The Hall–Kier alpha value is -1.43. The number of carbonyl (C=O) groups excluding carboxylic acids is 3. The number of hydrogen-bond acceptors (Lipinski definition) is 4. The Morgan fingerprint density at radius 1 is 1.10 bits per heavy atom. The maximum absolute atomic E-state index is 12.6. The highest BCUT2D eigenvalue weighted by atomic mass is 16.2. The quantitative estimate of drug-likeness (QED) is 0.773. The van der Waals surface area contributed by atoms with E-state index in [9.17, 15) is 14.4 Å². The Morgan fingerprint density at radius 3 is 2.10 bits per heavy atom. The van der Waals surface area contributed by atoms with Gasteiger partial charge in [-0.2, -0.15) is 0 Å². The summed E-state index contributed by atoms with van der Waals surface area (Å²) >= 11 is 0. The zero-order valence-corrected chi connectivity index (χ0v) is 12.1. The highest BCUT2D eigenvalue weighted by molar-refractivity contribution is 6.19. The monoisotopic (exact) mass is 279 g/mol. The largest absolute Gasteiger partial charge is 0.330 e. The first-order valence-corrected chi connectivity index (χ1v) is 7.26. The lowest BCUT2D eigenvalue weighted by Crippen LogP contribution is -2.69. The summed E-state index contributed by atoms with van der Waals surface area (Å²) in [6.45, 7) is 0.389. The fourth-order valence-corrected chi connectivity index (χ4v) is 3.47. The van der Waals surface area contributed by atoms with Crippen LogP contribution in [-0.2, 0) is 9.59 Å². The lowest BCUT2D eigenvalue weighted by Gasteiger charge is -2.52. The van der Waals surface area contributed by atoms with Gasteiger partial charge in [-0.05, 0) is 46.2 Å². The van der Waals surface area contributed by atoms with Gasteiger partial charge in [-0.1, -0.05) is 6.42 Å². The van der Waals surface area contributed by atoms with Crippen LogP contribution < -0.4 is 5.32 Å². The zero-order valence-electron chi connectivity index (χ0n) is 12.1. The van der Waals surface area contributed by atoms with Gasteiger partial charge in [0.25, 0.3) is 0 Å². The molecule has 0 aromatic carbocycles. The van der Waals surface area contributed by atoms with Crippen molar-refractivity contribution in [2.75, 3.05) is 20.6 Å². The summed E-state index contributed by atoms with van der Waals surface area (Å²) in [6, 6.07) is -0.550. The summed E-state index contributed by atoms with van der Waals surface area (Å²) < 4.78 is 0. The van der Waals surface area contributed by atoms with Crippen molar-refractivity contribution < 1.29 is 14.4 Å². The second kappa shape index (κ2) is 4.28. The molecule has 6 nitrogen and oxygen atoms in total. The maximum atomic E-state index is 12.6. The van der Waals surface area contributed by atoms with Crippen molar-refractivity contribution in [3.05, 3.63) is 0 Å². The minimum Gasteiger partial charge on any atom is -0.302 e. The Balaban J connectivity index is 1.83. The summed E-state index contributed by atoms with van der Waals surface area (Å²) in [6.07, 6.45) is 5.09. The van der Waals surface area contributed by atoms with Crippen molar-refractivity contribution in [2.24, 2.45) is 5.41 Å². The molecule has 1 heterocycles. The summed E-state index contributed by atoms with van der Waals surface area (Å²) in [5.41, 5.74) is -1.07. The fraction of sp³-hybridized carbons (Fsp3) is 0.786. The van der Waals surface area contributed by atoms with Gasteiger partial charge in [0, 0.05) is 12.1 Å². The molecule has 3 fully saturated rings. The van der Waals surface area contributed by atoms with E-state index in [1.807, 2.05) is 14.1 Å². The second-order valence-electron chi connectivity index (χ2n) is 6.56. The van der Waals surface area contributed by atoms with Gasteiger partial charge in [0.1, 0.15) is 5.41 Å². The van der Waals surface area contributed by atoms with Crippen molar-refractivity contribution in [1.82, 2.24) is 15.1 Å². The minimum absolute atomic E-state index is 0.113. The van der Waals surface area contributed by atoms with Crippen molar-refractivity contribution in [2.45, 2.75) is 44.1 Å².